The van der Waals surface area contributed by atoms with Crippen LogP contribution in [0.1, 0.15) is 119 Å². The maximum Gasteiger partial charge on any atom is 0.293 e. The van der Waals surface area contributed by atoms with E-state index < -0.39 is 6.04 Å². The maximum atomic E-state index is 12.4. The predicted molar refractivity (Wildman–Crippen MR) is 194 cm³/mol. The summed E-state index contributed by atoms with van der Waals surface area (Å²) >= 11 is 5.93. The van der Waals surface area contributed by atoms with Crippen LogP contribution in [0.15, 0.2) is 23.0 Å². The highest BCUT2D eigenvalue weighted by molar-refractivity contribution is 6.31. The Morgan fingerprint density at radius 1 is 1.08 bits per heavy atom. The van der Waals surface area contributed by atoms with Crippen molar-refractivity contribution in [3.63, 3.8) is 0 Å². The molecule has 2 heterocycles. The molecule has 0 spiro atoms. The van der Waals surface area contributed by atoms with Gasteiger partial charge in [-0.2, -0.15) is 0 Å². The zero-order valence-electron chi connectivity index (χ0n) is 30.7. The second-order valence-corrected chi connectivity index (χ2v) is 15.3. The van der Waals surface area contributed by atoms with Crippen molar-refractivity contribution in [1.82, 2.24) is 20.2 Å². The molecule has 1 aromatic carbocycles. The van der Waals surface area contributed by atoms with Crippen LogP contribution >= 0.6 is 11.6 Å². The number of halogens is 1. The minimum Gasteiger partial charge on any atom is -0.462 e. The molecule has 1 saturated carbocycles. The minimum atomic E-state index is -0.437. The van der Waals surface area contributed by atoms with Crippen molar-refractivity contribution in [2.75, 3.05) is 13.7 Å². The van der Waals surface area contributed by atoms with Crippen LogP contribution in [-0.2, 0) is 25.5 Å². The van der Waals surface area contributed by atoms with Crippen LogP contribution in [0.4, 0.5) is 0 Å². The zero-order valence-corrected chi connectivity index (χ0v) is 31.5. The number of nitrogens with zero attached hydrogens (tertiary/aromatic N) is 2. The van der Waals surface area contributed by atoms with Gasteiger partial charge < -0.3 is 25.0 Å². The zero-order chi connectivity index (χ0) is 36.5. The Labute approximate surface area is 292 Å². The molecule has 1 aliphatic carbocycles. The number of ether oxygens (including phenoxy) is 1. The van der Waals surface area contributed by atoms with Gasteiger partial charge in [-0.05, 0) is 82.4 Å². The Morgan fingerprint density at radius 3 is 2.23 bits per heavy atom. The Hall–Kier alpha value is -2.98. The van der Waals surface area contributed by atoms with Crippen LogP contribution < -0.4 is 10.9 Å². The fourth-order valence-electron chi connectivity index (χ4n) is 5.94. The number of amides is 2. The molecule has 1 aliphatic heterocycles. The average molecular weight is 693 g/mol. The van der Waals surface area contributed by atoms with Crippen molar-refractivity contribution >= 4 is 41.4 Å². The molecule has 1 aromatic heterocycles. The molecule has 3 N–H and O–H groups in total. The summed E-state index contributed by atoms with van der Waals surface area (Å²) in [6.45, 7) is 16.9. The first-order chi connectivity index (χ1) is 22.6. The SMILES string of the molecule is CC(C)(C)OC=O.CC1CCN(C(=O)[C@@H](NC=O)C(C)(C)C)C1C.CO.O=c1[nH]c2cc(Cl)ccc2nc1CCCCCC1CCCC1. The summed E-state index contributed by atoms with van der Waals surface area (Å²) in [7, 11) is 1.00. The van der Waals surface area contributed by atoms with Gasteiger partial charge in [0.25, 0.3) is 12.0 Å². The molecular formula is C37H61ClN4O6. The van der Waals surface area contributed by atoms with Gasteiger partial charge >= 0.3 is 0 Å². The van der Waals surface area contributed by atoms with Gasteiger partial charge in [0.15, 0.2) is 0 Å². The summed E-state index contributed by atoms with van der Waals surface area (Å²) in [5.41, 5.74) is 1.51. The minimum absolute atomic E-state index is 0.0430. The Balaban J connectivity index is 0.000000393. The van der Waals surface area contributed by atoms with Gasteiger partial charge in [-0.1, -0.05) is 84.2 Å². The molecule has 3 atom stereocenters. The highest BCUT2D eigenvalue weighted by Crippen LogP contribution is 2.30. The summed E-state index contributed by atoms with van der Waals surface area (Å²) < 4.78 is 4.55. The van der Waals surface area contributed by atoms with Crippen molar-refractivity contribution in [1.29, 1.82) is 0 Å². The number of carbonyl (C=O) groups excluding carboxylic acids is 3. The Kier molecular flexibility index (Phi) is 19.0. The van der Waals surface area contributed by atoms with Gasteiger partial charge in [0.1, 0.15) is 17.3 Å². The number of aliphatic hydroxyl groups excluding tert-OH is 1. The Morgan fingerprint density at radius 2 is 1.73 bits per heavy atom. The topological polar surface area (TPSA) is 142 Å². The third-order valence-electron chi connectivity index (χ3n) is 8.90. The highest BCUT2D eigenvalue weighted by Gasteiger charge is 2.39. The van der Waals surface area contributed by atoms with Gasteiger partial charge in [0.2, 0.25) is 12.3 Å². The van der Waals surface area contributed by atoms with Crippen molar-refractivity contribution in [2.45, 2.75) is 137 Å². The second kappa shape index (κ2) is 21.2. The molecule has 2 amide bonds. The molecule has 2 fully saturated rings. The van der Waals surface area contributed by atoms with E-state index in [2.05, 4.69) is 33.9 Å². The quantitative estimate of drug-likeness (QED) is 0.183. The lowest BCUT2D eigenvalue weighted by molar-refractivity contribution is -0.139. The summed E-state index contributed by atoms with van der Waals surface area (Å²) in [6, 6.07) is 5.24. The smallest absolute Gasteiger partial charge is 0.293 e. The van der Waals surface area contributed by atoms with E-state index in [-0.39, 0.29) is 28.5 Å². The average Bonchev–Trinajstić information content (AvgIpc) is 3.65. The van der Waals surface area contributed by atoms with E-state index in [1.807, 2.05) is 52.5 Å². The molecule has 11 heteroatoms. The van der Waals surface area contributed by atoms with Crippen molar-refractivity contribution < 1.29 is 24.2 Å². The lowest BCUT2D eigenvalue weighted by Gasteiger charge is -2.34. The number of carbonyl (C=O) groups is 3. The number of aromatic amines is 1. The number of H-pyrrole nitrogens is 1. The molecule has 2 aliphatic rings. The fourth-order valence-corrected chi connectivity index (χ4v) is 6.11. The summed E-state index contributed by atoms with van der Waals surface area (Å²) in [5.74, 6) is 1.55. The fraction of sp³-hybridized carbons (Fsp3) is 0.703. The van der Waals surface area contributed by atoms with Gasteiger partial charge in [-0.25, -0.2) is 4.98 Å². The number of benzene rings is 1. The van der Waals surface area contributed by atoms with E-state index in [9.17, 15) is 19.2 Å². The Bertz CT molecular complexity index is 1310. The molecule has 2 aromatic rings. The number of fused-ring (bicyclic) bond motifs is 1. The van der Waals surface area contributed by atoms with Crippen LogP contribution in [0.2, 0.25) is 5.02 Å². The van der Waals surface area contributed by atoms with E-state index in [0.717, 1.165) is 44.4 Å². The molecule has 0 bridgehead atoms. The molecule has 2 unspecified atom stereocenters. The third-order valence-corrected chi connectivity index (χ3v) is 9.13. The molecule has 4 rings (SSSR count). The number of hydrogen-bond acceptors (Lipinski definition) is 7. The number of likely N-dealkylation sites (tertiary alicyclic amines) is 1. The maximum absolute atomic E-state index is 12.4. The van der Waals surface area contributed by atoms with E-state index in [0.29, 0.717) is 35.0 Å². The summed E-state index contributed by atoms with van der Waals surface area (Å²) in [4.78, 5) is 54.0. The lowest BCUT2D eigenvalue weighted by Crippen LogP contribution is -2.53. The first-order valence-corrected chi connectivity index (χ1v) is 17.7. The number of aryl methyl sites for hydroxylation is 1. The molecule has 272 valence electrons. The second-order valence-electron chi connectivity index (χ2n) is 14.9. The predicted octanol–water partition coefficient (Wildman–Crippen LogP) is 6.84. The molecule has 10 nitrogen and oxygen atoms in total. The first-order valence-electron chi connectivity index (χ1n) is 17.3. The molecule has 1 saturated heterocycles. The van der Waals surface area contributed by atoms with Crippen molar-refractivity contribution in [3.8, 4) is 0 Å². The van der Waals surface area contributed by atoms with Crippen molar-refractivity contribution in [2.24, 2.45) is 17.3 Å². The van der Waals surface area contributed by atoms with E-state index in [1.165, 1.54) is 44.9 Å². The van der Waals surface area contributed by atoms with Gasteiger partial charge in [0.05, 0.1) is 11.0 Å². The normalized spacial score (nSPS) is 18.4. The molecular weight excluding hydrogens is 632 g/mol. The number of rotatable bonds is 10. The number of nitrogens with one attached hydrogen (secondary N) is 2. The van der Waals surface area contributed by atoms with E-state index in [1.54, 1.807) is 12.1 Å². The van der Waals surface area contributed by atoms with Crippen LogP contribution in [0.5, 0.6) is 0 Å². The van der Waals surface area contributed by atoms with E-state index >= 15 is 0 Å². The molecule has 48 heavy (non-hydrogen) atoms. The largest absolute Gasteiger partial charge is 0.462 e. The monoisotopic (exact) mass is 692 g/mol. The van der Waals surface area contributed by atoms with Crippen molar-refractivity contribution in [3.05, 3.63) is 39.3 Å². The molecule has 0 radical (unpaired) electrons. The number of unbranched alkanes of at least 4 members (excludes halogenated alkanes) is 2. The standard InChI is InChI=1S/C18H23ClN2O.C13H24N2O2.C5H10O2.CH4O/c19-14-10-11-15-17(12-14)21-18(22)16(20-15)9-3-1-2-6-13-7-4-5-8-13;1-9-6-7-15(10(9)2)12(17)11(14-8-16)13(3,4)5;1-5(2,3)7-4-6;1-2/h10-13H,1-9H2,(H,21,22);8-11H,6-7H2,1-5H3,(H,14,16);4H,1-3H3;2H,1H3/t;9?,10?,11-;;/m.1../s1. The third kappa shape index (κ3) is 15.1. The van der Waals surface area contributed by atoms with Gasteiger partial charge in [0, 0.05) is 24.7 Å². The van der Waals surface area contributed by atoms with Crippen LogP contribution in [0, 0.1) is 17.3 Å². The van der Waals surface area contributed by atoms with Gasteiger partial charge in [-0.15, -0.1) is 0 Å². The van der Waals surface area contributed by atoms with Crippen LogP contribution in [-0.4, -0.2) is 70.1 Å². The summed E-state index contributed by atoms with van der Waals surface area (Å²) in [5, 5.41) is 10.3. The van der Waals surface area contributed by atoms with Crippen LogP contribution in [0.3, 0.4) is 0 Å². The van der Waals surface area contributed by atoms with Gasteiger partial charge in [-0.3, -0.25) is 19.2 Å². The lowest BCUT2D eigenvalue weighted by atomic mass is 9.85. The number of aliphatic hydroxyl groups is 1. The summed E-state index contributed by atoms with van der Waals surface area (Å²) in [6.07, 6.45) is 13.0. The number of hydrogen-bond donors (Lipinski definition) is 3. The van der Waals surface area contributed by atoms with E-state index in [4.69, 9.17) is 16.7 Å². The van der Waals surface area contributed by atoms with Crippen LogP contribution in [0.25, 0.3) is 11.0 Å². The highest BCUT2D eigenvalue weighted by atomic mass is 35.5. The first kappa shape index (κ1) is 43.0. The number of aromatic nitrogens is 2.